The molecule has 0 saturated carbocycles. The maximum atomic E-state index is 12.8. The van der Waals surface area contributed by atoms with E-state index in [-0.39, 0.29) is 11.5 Å². The van der Waals surface area contributed by atoms with Gasteiger partial charge in [-0.3, -0.25) is 4.79 Å². The lowest BCUT2D eigenvalue weighted by atomic mass is 9.95. The maximum absolute atomic E-state index is 12.8. The standard InChI is InChI=1S/C19H20N2O3S2/c1-10-9-25-17(20-10)15-13-5-2-3-8-14(13)26-18(15)21-16(22)11-6-4-7-12(11)19(23)24/h9H,2-8H2,1H3,(H,21,22)(H,23,24). The van der Waals surface area contributed by atoms with Crippen LogP contribution < -0.4 is 5.32 Å². The number of hydrogen-bond acceptors (Lipinski definition) is 5. The zero-order valence-corrected chi connectivity index (χ0v) is 16.2. The van der Waals surface area contributed by atoms with Gasteiger partial charge in [-0.15, -0.1) is 22.7 Å². The molecule has 2 aromatic heterocycles. The van der Waals surface area contributed by atoms with E-state index in [1.54, 1.807) is 22.7 Å². The number of aryl methyl sites for hydroxylation is 2. The van der Waals surface area contributed by atoms with E-state index in [1.165, 1.54) is 16.9 Å². The summed E-state index contributed by atoms with van der Waals surface area (Å²) in [6.07, 6.45) is 6.11. The van der Waals surface area contributed by atoms with Crippen LogP contribution >= 0.6 is 22.7 Å². The van der Waals surface area contributed by atoms with Crippen molar-refractivity contribution in [1.82, 2.24) is 4.98 Å². The first-order chi connectivity index (χ1) is 12.5. The number of thiophene rings is 1. The molecule has 0 bridgehead atoms. The molecule has 4 rings (SSSR count). The molecule has 0 radical (unpaired) electrons. The van der Waals surface area contributed by atoms with Crippen LogP contribution in [0.5, 0.6) is 0 Å². The zero-order valence-electron chi connectivity index (χ0n) is 14.6. The number of aromatic nitrogens is 1. The Kier molecular flexibility index (Phi) is 4.67. The van der Waals surface area contributed by atoms with Gasteiger partial charge in [0.2, 0.25) is 0 Å². The molecule has 0 unspecified atom stereocenters. The number of nitrogens with zero attached hydrogens (tertiary/aromatic N) is 1. The molecule has 2 N–H and O–H groups in total. The quantitative estimate of drug-likeness (QED) is 0.804. The maximum Gasteiger partial charge on any atom is 0.332 e. The minimum Gasteiger partial charge on any atom is -0.478 e. The van der Waals surface area contributed by atoms with Crippen molar-refractivity contribution in [2.75, 3.05) is 5.32 Å². The lowest BCUT2D eigenvalue weighted by Crippen LogP contribution is -2.16. The Morgan fingerprint density at radius 1 is 1.12 bits per heavy atom. The molecule has 2 aliphatic rings. The van der Waals surface area contributed by atoms with Crippen molar-refractivity contribution in [1.29, 1.82) is 0 Å². The van der Waals surface area contributed by atoms with E-state index in [1.807, 2.05) is 12.3 Å². The van der Waals surface area contributed by atoms with Crippen molar-refractivity contribution >= 4 is 39.6 Å². The van der Waals surface area contributed by atoms with E-state index < -0.39 is 5.97 Å². The second kappa shape index (κ2) is 6.96. The number of fused-ring (bicyclic) bond motifs is 1. The van der Waals surface area contributed by atoms with Gasteiger partial charge in [0, 0.05) is 32.7 Å². The van der Waals surface area contributed by atoms with E-state index in [2.05, 4.69) is 10.3 Å². The fraction of sp³-hybridized carbons (Fsp3) is 0.421. The number of rotatable bonds is 4. The lowest BCUT2D eigenvalue weighted by molar-refractivity contribution is -0.133. The van der Waals surface area contributed by atoms with Gasteiger partial charge in [0.15, 0.2) is 0 Å². The average molecular weight is 389 g/mol. The van der Waals surface area contributed by atoms with Crippen LogP contribution in [0.2, 0.25) is 0 Å². The predicted octanol–water partition coefficient (Wildman–Crippen LogP) is 4.56. The average Bonchev–Trinajstić information content (AvgIpc) is 3.31. The number of nitrogens with one attached hydrogen (secondary N) is 1. The van der Waals surface area contributed by atoms with Gasteiger partial charge >= 0.3 is 5.97 Å². The van der Waals surface area contributed by atoms with Crippen molar-refractivity contribution in [3.63, 3.8) is 0 Å². The molecule has 2 heterocycles. The van der Waals surface area contributed by atoms with Gasteiger partial charge in [0.25, 0.3) is 5.91 Å². The summed E-state index contributed by atoms with van der Waals surface area (Å²) in [6, 6.07) is 0. The number of carbonyl (C=O) groups excluding carboxylic acids is 1. The van der Waals surface area contributed by atoms with Gasteiger partial charge < -0.3 is 10.4 Å². The molecule has 2 aromatic rings. The van der Waals surface area contributed by atoms with Crippen LogP contribution in [0, 0.1) is 6.92 Å². The Labute approximate surface area is 159 Å². The van der Waals surface area contributed by atoms with Crippen LogP contribution in [0.3, 0.4) is 0 Å². The van der Waals surface area contributed by atoms with Crippen LogP contribution in [-0.2, 0) is 22.4 Å². The highest BCUT2D eigenvalue weighted by Gasteiger charge is 2.28. The van der Waals surface area contributed by atoms with Crippen molar-refractivity contribution in [2.24, 2.45) is 0 Å². The molecule has 7 heteroatoms. The van der Waals surface area contributed by atoms with Crippen molar-refractivity contribution < 1.29 is 14.7 Å². The molecule has 0 saturated heterocycles. The Morgan fingerprint density at radius 2 is 1.88 bits per heavy atom. The summed E-state index contributed by atoms with van der Waals surface area (Å²) in [5.74, 6) is -1.25. The first-order valence-corrected chi connectivity index (χ1v) is 10.6. The molecular formula is C19H20N2O3S2. The second-order valence-electron chi connectivity index (χ2n) is 6.78. The second-order valence-corrected chi connectivity index (χ2v) is 8.74. The van der Waals surface area contributed by atoms with Crippen molar-refractivity contribution in [3.05, 3.63) is 32.7 Å². The summed E-state index contributed by atoms with van der Waals surface area (Å²) in [7, 11) is 0. The topological polar surface area (TPSA) is 79.3 Å². The first-order valence-electron chi connectivity index (χ1n) is 8.88. The number of carboxylic acids is 1. The van der Waals surface area contributed by atoms with Crippen LogP contribution in [0.1, 0.15) is 48.2 Å². The molecule has 2 aliphatic carbocycles. The molecule has 0 aromatic carbocycles. The van der Waals surface area contributed by atoms with Gasteiger partial charge in [-0.25, -0.2) is 9.78 Å². The summed E-state index contributed by atoms with van der Waals surface area (Å²) < 4.78 is 0. The fourth-order valence-electron chi connectivity index (χ4n) is 3.76. The molecule has 0 atom stereocenters. The summed E-state index contributed by atoms with van der Waals surface area (Å²) in [5, 5.41) is 16.1. The molecule has 0 spiro atoms. The number of carboxylic acid groups (broad SMARTS) is 1. The number of aliphatic carboxylic acids is 1. The summed E-state index contributed by atoms with van der Waals surface area (Å²) in [5.41, 5.74) is 4.02. The van der Waals surface area contributed by atoms with Crippen LogP contribution in [-0.4, -0.2) is 22.0 Å². The normalized spacial score (nSPS) is 16.7. The highest BCUT2D eigenvalue weighted by molar-refractivity contribution is 7.18. The lowest BCUT2D eigenvalue weighted by Gasteiger charge is -2.12. The number of carbonyl (C=O) groups is 2. The van der Waals surface area contributed by atoms with Gasteiger partial charge in [0.1, 0.15) is 10.0 Å². The third-order valence-electron chi connectivity index (χ3n) is 4.98. The molecule has 5 nitrogen and oxygen atoms in total. The third-order valence-corrected chi connectivity index (χ3v) is 7.17. The molecule has 0 fully saturated rings. The van der Waals surface area contributed by atoms with Crippen LogP contribution in [0.4, 0.5) is 5.00 Å². The Bertz CT molecular complexity index is 923. The Morgan fingerprint density at radius 3 is 2.62 bits per heavy atom. The van der Waals surface area contributed by atoms with Gasteiger partial charge in [-0.1, -0.05) is 0 Å². The van der Waals surface area contributed by atoms with Gasteiger partial charge in [-0.05, 0) is 57.4 Å². The van der Waals surface area contributed by atoms with Gasteiger partial charge in [0.05, 0.1) is 0 Å². The number of thiazole rings is 1. The number of anilines is 1. The molecule has 0 aliphatic heterocycles. The zero-order chi connectivity index (χ0) is 18.3. The van der Waals surface area contributed by atoms with E-state index >= 15 is 0 Å². The minimum atomic E-state index is -0.978. The summed E-state index contributed by atoms with van der Waals surface area (Å²) in [4.78, 5) is 30.1. The highest BCUT2D eigenvalue weighted by atomic mass is 32.1. The van der Waals surface area contributed by atoms with E-state index in [0.717, 1.165) is 46.9 Å². The minimum absolute atomic E-state index is 0.260. The van der Waals surface area contributed by atoms with Crippen LogP contribution in [0.15, 0.2) is 16.5 Å². The Hall–Kier alpha value is -1.99. The third kappa shape index (κ3) is 3.10. The molecular weight excluding hydrogens is 368 g/mol. The SMILES string of the molecule is Cc1csc(-c2c(NC(=O)C3=C(C(=O)O)CCC3)sc3c2CCCC3)n1. The number of amides is 1. The monoisotopic (exact) mass is 388 g/mol. The highest BCUT2D eigenvalue weighted by Crippen LogP contribution is 2.45. The van der Waals surface area contributed by atoms with Crippen molar-refractivity contribution in [2.45, 2.75) is 51.9 Å². The molecule has 26 heavy (non-hydrogen) atoms. The van der Waals surface area contributed by atoms with E-state index in [0.29, 0.717) is 18.4 Å². The summed E-state index contributed by atoms with van der Waals surface area (Å²) >= 11 is 3.22. The number of hydrogen-bond donors (Lipinski definition) is 2. The fourth-order valence-corrected chi connectivity index (χ4v) is 5.98. The Balaban J connectivity index is 1.73. The predicted molar refractivity (Wildman–Crippen MR) is 104 cm³/mol. The summed E-state index contributed by atoms with van der Waals surface area (Å²) in [6.45, 7) is 1.97. The van der Waals surface area contributed by atoms with E-state index in [9.17, 15) is 14.7 Å². The first kappa shape index (κ1) is 17.4. The smallest absolute Gasteiger partial charge is 0.332 e. The molecule has 1 amide bonds. The largest absolute Gasteiger partial charge is 0.478 e. The molecule has 136 valence electrons. The van der Waals surface area contributed by atoms with E-state index in [4.69, 9.17) is 0 Å². The van der Waals surface area contributed by atoms with Crippen LogP contribution in [0.25, 0.3) is 10.6 Å². The van der Waals surface area contributed by atoms with Gasteiger partial charge in [-0.2, -0.15) is 0 Å². The van der Waals surface area contributed by atoms with Crippen molar-refractivity contribution in [3.8, 4) is 10.6 Å².